The number of halogens is 1. The van der Waals surface area contributed by atoms with Crippen LogP contribution in [0.3, 0.4) is 0 Å². The first-order valence-corrected chi connectivity index (χ1v) is 6.85. The predicted molar refractivity (Wildman–Crippen MR) is 52.9 cm³/mol. The van der Waals surface area contributed by atoms with Gasteiger partial charge in [0.1, 0.15) is 0 Å². The van der Waals surface area contributed by atoms with E-state index in [9.17, 15) is 4.57 Å². The molecule has 1 saturated heterocycles. The van der Waals surface area contributed by atoms with E-state index >= 15 is 0 Å². The summed E-state index contributed by atoms with van der Waals surface area (Å²) >= 11 is 5.51. The maximum absolute atomic E-state index is 11.3. The summed E-state index contributed by atoms with van der Waals surface area (Å²) in [5, 5.41) is 0. The molecule has 1 fully saturated rings. The molecule has 1 aliphatic heterocycles. The van der Waals surface area contributed by atoms with Crippen molar-refractivity contribution >= 4 is 18.2 Å². The van der Waals surface area contributed by atoms with Crippen molar-refractivity contribution in [1.82, 2.24) is 0 Å². The molecule has 3 atom stereocenters. The highest BCUT2D eigenvalue weighted by Gasteiger charge is 2.45. The largest absolute Gasteiger partial charge is 0.424 e. The standard InChI is InChI=1S/C8H16ClO3P/c1-6(2)8(4)5-11-13(9,10)12-7(8)3/h6-7H,5H2,1-4H3. The van der Waals surface area contributed by atoms with Gasteiger partial charge in [0.15, 0.2) is 0 Å². The average Bonchev–Trinajstić information content (AvgIpc) is 1.96. The average molecular weight is 227 g/mol. The Labute approximate surface area is 84.1 Å². The van der Waals surface area contributed by atoms with Gasteiger partial charge >= 0.3 is 6.95 Å². The van der Waals surface area contributed by atoms with Crippen LogP contribution in [0.25, 0.3) is 0 Å². The molecule has 0 aliphatic carbocycles. The van der Waals surface area contributed by atoms with Gasteiger partial charge in [-0.1, -0.05) is 20.8 Å². The smallest absolute Gasteiger partial charge is 0.296 e. The van der Waals surface area contributed by atoms with Gasteiger partial charge in [-0.15, -0.1) is 0 Å². The van der Waals surface area contributed by atoms with E-state index in [1.807, 2.05) is 6.92 Å². The molecule has 5 heteroatoms. The van der Waals surface area contributed by atoms with Crippen LogP contribution in [0.2, 0.25) is 0 Å². The zero-order valence-electron chi connectivity index (χ0n) is 8.41. The summed E-state index contributed by atoms with van der Waals surface area (Å²) in [7, 11) is 0. The lowest BCUT2D eigenvalue weighted by Gasteiger charge is -2.43. The van der Waals surface area contributed by atoms with Crippen LogP contribution in [0.15, 0.2) is 0 Å². The third-order valence-electron chi connectivity index (χ3n) is 3.06. The molecule has 1 heterocycles. The molecule has 0 saturated carbocycles. The van der Waals surface area contributed by atoms with Crippen LogP contribution < -0.4 is 0 Å². The minimum Gasteiger partial charge on any atom is -0.296 e. The fraction of sp³-hybridized carbons (Fsp3) is 1.00. The predicted octanol–water partition coefficient (Wildman–Crippen LogP) is 3.43. The van der Waals surface area contributed by atoms with Gasteiger partial charge in [-0.3, -0.25) is 9.05 Å². The lowest BCUT2D eigenvalue weighted by atomic mass is 9.76. The molecule has 3 nitrogen and oxygen atoms in total. The fourth-order valence-corrected chi connectivity index (χ4v) is 2.93. The Morgan fingerprint density at radius 3 is 2.54 bits per heavy atom. The van der Waals surface area contributed by atoms with E-state index in [2.05, 4.69) is 20.8 Å². The van der Waals surface area contributed by atoms with E-state index in [-0.39, 0.29) is 11.5 Å². The summed E-state index contributed by atoms with van der Waals surface area (Å²) in [5.74, 6) is 0.402. The van der Waals surface area contributed by atoms with E-state index < -0.39 is 6.95 Å². The van der Waals surface area contributed by atoms with Crippen LogP contribution >= 0.6 is 18.2 Å². The molecule has 1 rings (SSSR count). The highest BCUT2D eigenvalue weighted by molar-refractivity contribution is 7.81. The van der Waals surface area contributed by atoms with Crippen LogP contribution in [0.5, 0.6) is 0 Å². The van der Waals surface area contributed by atoms with Crippen molar-refractivity contribution in [3.63, 3.8) is 0 Å². The molecule has 0 N–H and O–H groups in total. The van der Waals surface area contributed by atoms with Gasteiger partial charge in [0.25, 0.3) is 0 Å². The van der Waals surface area contributed by atoms with Crippen LogP contribution in [0.4, 0.5) is 0 Å². The molecule has 0 spiro atoms. The summed E-state index contributed by atoms with van der Waals surface area (Å²) in [6.45, 7) is 5.23. The second-order valence-electron chi connectivity index (χ2n) is 4.11. The molecule has 1 aliphatic rings. The molecule has 0 aromatic heterocycles. The van der Waals surface area contributed by atoms with E-state index in [0.29, 0.717) is 12.5 Å². The zero-order valence-corrected chi connectivity index (χ0v) is 10.1. The summed E-state index contributed by atoms with van der Waals surface area (Å²) < 4.78 is 21.4. The Balaban J connectivity index is 2.79. The van der Waals surface area contributed by atoms with Gasteiger partial charge in [0.2, 0.25) is 0 Å². The molecule has 0 aromatic rings. The molecule has 78 valence electrons. The van der Waals surface area contributed by atoms with Gasteiger partial charge < -0.3 is 0 Å². The Morgan fingerprint density at radius 2 is 2.15 bits per heavy atom. The van der Waals surface area contributed by atoms with Crippen molar-refractivity contribution in [2.24, 2.45) is 11.3 Å². The Kier molecular flexibility index (Phi) is 3.14. The van der Waals surface area contributed by atoms with Gasteiger partial charge in [0.05, 0.1) is 12.7 Å². The fourth-order valence-electron chi connectivity index (χ4n) is 1.31. The first-order valence-electron chi connectivity index (χ1n) is 4.40. The third-order valence-corrected chi connectivity index (χ3v) is 4.60. The molecule has 0 radical (unpaired) electrons. The lowest BCUT2D eigenvalue weighted by Crippen LogP contribution is -2.43. The summed E-state index contributed by atoms with van der Waals surface area (Å²) in [5.41, 5.74) is -0.108. The van der Waals surface area contributed by atoms with E-state index in [4.69, 9.17) is 20.3 Å². The Morgan fingerprint density at radius 1 is 1.62 bits per heavy atom. The summed E-state index contributed by atoms with van der Waals surface area (Å²) in [6, 6.07) is 0. The number of hydrogen-bond acceptors (Lipinski definition) is 3. The van der Waals surface area contributed by atoms with Crippen molar-refractivity contribution in [1.29, 1.82) is 0 Å². The quantitative estimate of drug-likeness (QED) is 0.643. The highest BCUT2D eigenvalue weighted by Crippen LogP contribution is 2.61. The first kappa shape index (κ1) is 11.5. The second kappa shape index (κ2) is 3.54. The lowest BCUT2D eigenvalue weighted by molar-refractivity contribution is -0.0478. The summed E-state index contributed by atoms with van der Waals surface area (Å²) in [6.07, 6.45) is -0.135. The second-order valence-corrected chi connectivity index (χ2v) is 6.68. The maximum atomic E-state index is 11.3. The first-order chi connectivity index (χ1) is 5.78. The SMILES string of the molecule is CC(C)C1(C)COP(=O)(Cl)OC1C. The molecule has 0 bridgehead atoms. The van der Waals surface area contributed by atoms with Crippen molar-refractivity contribution in [2.45, 2.75) is 33.8 Å². The Bertz CT molecular complexity index is 244. The molecule has 0 amide bonds. The van der Waals surface area contributed by atoms with Crippen LogP contribution in [-0.2, 0) is 13.6 Å². The van der Waals surface area contributed by atoms with Crippen molar-refractivity contribution in [2.75, 3.05) is 6.61 Å². The van der Waals surface area contributed by atoms with Gasteiger partial charge in [-0.2, -0.15) is 0 Å². The molecule has 0 aromatic carbocycles. The van der Waals surface area contributed by atoms with E-state index in [0.717, 1.165) is 0 Å². The molecule has 3 unspecified atom stereocenters. The van der Waals surface area contributed by atoms with Crippen LogP contribution in [0.1, 0.15) is 27.7 Å². The molecular formula is C8H16ClO3P. The minimum atomic E-state index is -3.29. The van der Waals surface area contributed by atoms with Gasteiger partial charge in [0, 0.05) is 16.7 Å². The van der Waals surface area contributed by atoms with Crippen molar-refractivity contribution in [3.8, 4) is 0 Å². The molecule has 13 heavy (non-hydrogen) atoms. The monoisotopic (exact) mass is 226 g/mol. The topological polar surface area (TPSA) is 35.5 Å². The van der Waals surface area contributed by atoms with E-state index in [1.165, 1.54) is 0 Å². The normalized spacial score (nSPS) is 46.8. The highest BCUT2D eigenvalue weighted by atomic mass is 35.7. The Hall–Kier alpha value is 0.440. The molecular weight excluding hydrogens is 211 g/mol. The number of hydrogen-bond donors (Lipinski definition) is 0. The van der Waals surface area contributed by atoms with E-state index in [1.54, 1.807) is 0 Å². The van der Waals surface area contributed by atoms with Crippen molar-refractivity contribution in [3.05, 3.63) is 0 Å². The van der Waals surface area contributed by atoms with Gasteiger partial charge in [-0.05, 0) is 12.8 Å². The minimum absolute atomic E-state index is 0.108. The number of rotatable bonds is 1. The van der Waals surface area contributed by atoms with Crippen LogP contribution in [0, 0.1) is 11.3 Å². The maximum Gasteiger partial charge on any atom is 0.424 e. The van der Waals surface area contributed by atoms with Crippen molar-refractivity contribution < 1.29 is 13.6 Å². The third kappa shape index (κ3) is 2.27. The van der Waals surface area contributed by atoms with Crippen LogP contribution in [-0.4, -0.2) is 12.7 Å². The zero-order chi connectivity index (χ0) is 10.3. The van der Waals surface area contributed by atoms with Gasteiger partial charge in [-0.25, -0.2) is 4.57 Å². The summed E-state index contributed by atoms with van der Waals surface area (Å²) in [4.78, 5) is 0.